The largest absolute Gasteiger partial charge is 0.403 e. The molecule has 6 nitrogen and oxygen atoms in total. The zero-order valence-electron chi connectivity index (χ0n) is 11.2. The summed E-state index contributed by atoms with van der Waals surface area (Å²) in [6, 6.07) is 4.39. The standard InChI is InChI=1S/C13H11F3N4O2/c14-9-3-1-8(2-4-9)10-18-19-11(22-10)17-12(21)20-6-5-13(15,16)7-20/h1-4H,5-7H2,(H,17,19,21). The van der Waals surface area contributed by atoms with Crippen LogP contribution in [0.3, 0.4) is 0 Å². The van der Waals surface area contributed by atoms with E-state index in [1.54, 1.807) is 0 Å². The number of carbonyl (C=O) groups excluding carboxylic acids is 1. The average Bonchev–Trinajstić information content (AvgIpc) is 3.06. The van der Waals surface area contributed by atoms with Crippen LogP contribution in [-0.4, -0.2) is 40.1 Å². The monoisotopic (exact) mass is 312 g/mol. The van der Waals surface area contributed by atoms with Gasteiger partial charge in [-0.25, -0.2) is 18.0 Å². The molecule has 1 N–H and O–H groups in total. The van der Waals surface area contributed by atoms with E-state index in [4.69, 9.17) is 4.42 Å². The molecule has 1 fully saturated rings. The molecule has 2 amide bonds. The topological polar surface area (TPSA) is 71.3 Å². The van der Waals surface area contributed by atoms with Crippen LogP contribution in [0.5, 0.6) is 0 Å². The molecule has 116 valence electrons. The maximum Gasteiger partial charge on any atom is 0.325 e. The summed E-state index contributed by atoms with van der Waals surface area (Å²) >= 11 is 0. The fourth-order valence-electron chi connectivity index (χ4n) is 2.06. The highest BCUT2D eigenvalue weighted by molar-refractivity contribution is 5.87. The van der Waals surface area contributed by atoms with Crippen molar-refractivity contribution < 1.29 is 22.4 Å². The highest BCUT2D eigenvalue weighted by Crippen LogP contribution is 2.27. The molecular weight excluding hydrogens is 301 g/mol. The molecule has 1 aliphatic heterocycles. The number of benzene rings is 1. The normalized spacial score (nSPS) is 16.8. The molecule has 0 unspecified atom stereocenters. The fourth-order valence-corrected chi connectivity index (χ4v) is 2.06. The zero-order chi connectivity index (χ0) is 15.7. The first kappa shape index (κ1) is 14.4. The van der Waals surface area contributed by atoms with Crippen LogP contribution >= 0.6 is 0 Å². The van der Waals surface area contributed by atoms with Crippen molar-refractivity contribution >= 4 is 12.0 Å². The van der Waals surface area contributed by atoms with Gasteiger partial charge in [0, 0.05) is 18.5 Å². The number of alkyl halides is 2. The molecule has 1 aliphatic rings. The maximum atomic E-state index is 13.0. The van der Waals surface area contributed by atoms with Crippen LogP contribution in [0.25, 0.3) is 11.5 Å². The molecule has 3 rings (SSSR count). The van der Waals surface area contributed by atoms with E-state index in [9.17, 15) is 18.0 Å². The molecule has 0 bridgehead atoms. The van der Waals surface area contributed by atoms with E-state index in [1.165, 1.54) is 24.3 Å². The van der Waals surface area contributed by atoms with E-state index in [0.29, 0.717) is 5.56 Å². The predicted molar refractivity (Wildman–Crippen MR) is 69.8 cm³/mol. The Bertz CT molecular complexity index is 687. The molecule has 2 heterocycles. The minimum absolute atomic E-state index is 0.0439. The average molecular weight is 312 g/mol. The summed E-state index contributed by atoms with van der Waals surface area (Å²) in [7, 11) is 0. The number of aromatic nitrogens is 2. The van der Waals surface area contributed by atoms with Gasteiger partial charge < -0.3 is 9.32 Å². The molecule has 0 spiro atoms. The van der Waals surface area contributed by atoms with Gasteiger partial charge >= 0.3 is 12.0 Å². The molecule has 9 heteroatoms. The van der Waals surface area contributed by atoms with Crippen LogP contribution in [0.1, 0.15) is 6.42 Å². The molecule has 22 heavy (non-hydrogen) atoms. The van der Waals surface area contributed by atoms with Crippen molar-refractivity contribution in [1.82, 2.24) is 15.1 Å². The van der Waals surface area contributed by atoms with Crippen molar-refractivity contribution in [3.8, 4) is 11.5 Å². The van der Waals surface area contributed by atoms with Crippen molar-refractivity contribution in [2.24, 2.45) is 0 Å². The Labute approximate surface area is 122 Å². The van der Waals surface area contributed by atoms with Gasteiger partial charge in [-0.3, -0.25) is 5.32 Å². The Morgan fingerprint density at radius 2 is 2.00 bits per heavy atom. The van der Waals surface area contributed by atoms with Crippen molar-refractivity contribution in [2.75, 3.05) is 18.4 Å². The van der Waals surface area contributed by atoms with Crippen LogP contribution in [-0.2, 0) is 0 Å². The van der Waals surface area contributed by atoms with E-state index in [1.807, 2.05) is 0 Å². The number of amides is 2. The summed E-state index contributed by atoms with van der Waals surface area (Å²) in [5.41, 5.74) is 0.474. The Kier molecular flexibility index (Phi) is 3.47. The Balaban J connectivity index is 1.67. The van der Waals surface area contributed by atoms with E-state index in [0.717, 1.165) is 4.90 Å². The van der Waals surface area contributed by atoms with Crippen LogP contribution < -0.4 is 5.32 Å². The number of halogens is 3. The predicted octanol–water partition coefficient (Wildman–Crippen LogP) is 2.75. The SMILES string of the molecule is O=C(Nc1nnc(-c2ccc(F)cc2)o1)N1CCC(F)(F)C1. The van der Waals surface area contributed by atoms with Crippen LogP contribution in [0, 0.1) is 5.82 Å². The second-order valence-electron chi connectivity index (χ2n) is 4.88. The summed E-state index contributed by atoms with van der Waals surface area (Å²) in [4.78, 5) is 12.8. The second kappa shape index (κ2) is 5.32. The number of likely N-dealkylation sites (tertiary alicyclic amines) is 1. The minimum atomic E-state index is -2.87. The van der Waals surface area contributed by atoms with Gasteiger partial charge in [-0.1, -0.05) is 5.10 Å². The molecule has 1 saturated heterocycles. The minimum Gasteiger partial charge on any atom is -0.403 e. The van der Waals surface area contributed by atoms with Crippen LogP contribution in [0.4, 0.5) is 24.0 Å². The number of anilines is 1. The molecule has 0 atom stereocenters. The first-order valence-corrected chi connectivity index (χ1v) is 6.46. The van der Waals surface area contributed by atoms with E-state index >= 15 is 0 Å². The molecular formula is C13H11F3N4O2. The summed E-state index contributed by atoms with van der Waals surface area (Å²) in [6.45, 7) is -0.685. The molecule has 0 aliphatic carbocycles. The van der Waals surface area contributed by atoms with Crippen LogP contribution in [0.2, 0.25) is 0 Å². The van der Waals surface area contributed by atoms with Gasteiger partial charge in [-0.15, -0.1) is 5.10 Å². The lowest BCUT2D eigenvalue weighted by Crippen LogP contribution is -2.35. The zero-order valence-corrected chi connectivity index (χ0v) is 11.2. The third-order valence-corrected chi connectivity index (χ3v) is 3.19. The number of hydrogen-bond acceptors (Lipinski definition) is 4. The lowest BCUT2D eigenvalue weighted by molar-refractivity contribution is 0.0158. The first-order valence-electron chi connectivity index (χ1n) is 6.46. The Morgan fingerprint density at radius 1 is 1.27 bits per heavy atom. The van der Waals surface area contributed by atoms with Crippen molar-refractivity contribution in [3.05, 3.63) is 30.1 Å². The molecule has 1 aromatic heterocycles. The number of urea groups is 1. The van der Waals surface area contributed by atoms with Crippen molar-refractivity contribution in [2.45, 2.75) is 12.3 Å². The van der Waals surface area contributed by atoms with Gasteiger partial charge in [0.05, 0.1) is 6.54 Å². The third kappa shape index (κ3) is 3.02. The van der Waals surface area contributed by atoms with Gasteiger partial charge in [0.15, 0.2) is 0 Å². The van der Waals surface area contributed by atoms with Crippen LogP contribution in [0.15, 0.2) is 28.7 Å². The highest BCUT2D eigenvalue weighted by atomic mass is 19.3. The van der Waals surface area contributed by atoms with Gasteiger partial charge in [0.25, 0.3) is 5.92 Å². The molecule has 0 saturated carbocycles. The summed E-state index contributed by atoms with van der Waals surface area (Å²) < 4.78 is 44.1. The maximum absolute atomic E-state index is 13.0. The van der Waals surface area contributed by atoms with E-state index < -0.39 is 24.3 Å². The van der Waals surface area contributed by atoms with Gasteiger partial charge in [-0.05, 0) is 24.3 Å². The summed E-state index contributed by atoms with van der Waals surface area (Å²) in [5, 5.41) is 9.57. The molecule has 0 radical (unpaired) electrons. The number of nitrogens with one attached hydrogen (secondary N) is 1. The molecule has 1 aromatic carbocycles. The number of hydrogen-bond donors (Lipinski definition) is 1. The first-order chi connectivity index (χ1) is 10.4. The Morgan fingerprint density at radius 3 is 2.64 bits per heavy atom. The summed E-state index contributed by atoms with van der Waals surface area (Å²) in [6.07, 6.45) is -0.370. The lowest BCUT2D eigenvalue weighted by atomic mass is 10.2. The van der Waals surface area contributed by atoms with Gasteiger partial charge in [0.2, 0.25) is 5.89 Å². The fraction of sp³-hybridized carbons (Fsp3) is 0.308. The summed E-state index contributed by atoms with van der Waals surface area (Å²) in [5.74, 6) is -3.19. The van der Waals surface area contributed by atoms with Gasteiger partial charge in [-0.2, -0.15) is 0 Å². The van der Waals surface area contributed by atoms with E-state index in [-0.39, 0.29) is 24.9 Å². The lowest BCUT2D eigenvalue weighted by Gasteiger charge is -2.14. The van der Waals surface area contributed by atoms with Gasteiger partial charge in [0.1, 0.15) is 5.82 Å². The Hall–Kier alpha value is -2.58. The second-order valence-corrected chi connectivity index (χ2v) is 4.88. The number of nitrogens with zero attached hydrogens (tertiary/aromatic N) is 3. The van der Waals surface area contributed by atoms with Crippen molar-refractivity contribution in [1.29, 1.82) is 0 Å². The smallest absolute Gasteiger partial charge is 0.325 e. The van der Waals surface area contributed by atoms with E-state index in [2.05, 4.69) is 15.5 Å². The van der Waals surface area contributed by atoms with Crippen molar-refractivity contribution in [3.63, 3.8) is 0 Å². The third-order valence-electron chi connectivity index (χ3n) is 3.19. The number of carbonyl (C=O) groups is 1. The highest BCUT2D eigenvalue weighted by Gasteiger charge is 2.40. The molecule has 2 aromatic rings. The number of rotatable bonds is 2. The quantitative estimate of drug-likeness (QED) is 0.925.